The lowest BCUT2D eigenvalue weighted by Gasteiger charge is -2.01. The number of carbonyl (C=O) groups excluding carboxylic acids is 1. The number of esters is 1. The number of benzene rings is 1. The number of para-hydroxylation sites is 1. The van der Waals surface area contributed by atoms with Gasteiger partial charge in [-0.25, -0.2) is 9.67 Å². The van der Waals surface area contributed by atoms with Crippen molar-refractivity contribution in [2.45, 2.75) is 20.3 Å². The number of aromatic amines is 1. The number of nitrogens with one attached hydrogen (secondary N) is 1. The van der Waals surface area contributed by atoms with Gasteiger partial charge < -0.3 is 9.26 Å². The van der Waals surface area contributed by atoms with Crippen molar-refractivity contribution in [3.05, 3.63) is 63.8 Å². The molecule has 0 aliphatic carbocycles. The normalized spacial score (nSPS) is 11.6. The first-order valence-corrected chi connectivity index (χ1v) is 7.94. The number of ether oxygens (including phenoxy) is 1. The fourth-order valence-corrected chi connectivity index (χ4v) is 2.59. The SMILES string of the molecule is COC(=O)Cc1[nH]n(-c2ccccc2)c(=O)c1C(C)=Nc1cc(C)on1. The van der Waals surface area contributed by atoms with E-state index in [-0.39, 0.29) is 12.0 Å². The highest BCUT2D eigenvalue weighted by Crippen LogP contribution is 2.15. The molecule has 8 nitrogen and oxygen atoms in total. The van der Waals surface area contributed by atoms with Gasteiger partial charge >= 0.3 is 5.97 Å². The van der Waals surface area contributed by atoms with Crippen molar-refractivity contribution < 1.29 is 14.1 Å². The first kappa shape index (κ1) is 17.4. The highest BCUT2D eigenvalue weighted by atomic mass is 16.5. The monoisotopic (exact) mass is 354 g/mol. The van der Waals surface area contributed by atoms with Crippen molar-refractivity contribution in [3.63, 3.8) is 0 Å². The third kappa shape index (κ3) is 3.49. The predicted octanol–water partition coefficient (Wildman–Crippen LogP) is 2.32. The maximum Gasteiger partial charge on any atom is 0.311 e. The second kappa shape index (κ2) is 7.22. The molecule has 1 N–H and O–H groups in total. The standard InChI is InChI=1S/C18H18N4O4/c1-11-9-15(21-26-11)19-12(2)17-14(10-16(23)25-3)20-22(18(17)24)13-7-5-4-6-8-13/h4-9,20H,10H2,1-3H3. The summed E-state index contributed by atoms with van der Waals surface area (Å²) in [6.07, 6.45) is -0.0778. The average molecular weight is 354 g/mol. The molecule has 0 atom stereocenters. The number of rotatable bonds is 5. The molecule has 134 valence electrons. The zero-order valence-corrected chi connectivity index (χ0v) is 14.6. The van der Waals surface area contributed by atoms with Crippen LogP contribution in [0.5, 0.6) is 0 Å². The smallest absolute Gasteiger partial charge is 0.311 e. The Morgan fingerprint density at radius 2 is 2.08 bits per heavy atom. The van der Waals surface area contributed by atoms with E-state index in [0.717, 1.165) is 0 Å². The van der Waals surface area contributed by atoms with Crippen LogP contribution in [0.3, 0.4) is 0 Å². The lowest BCUT2D eigenvalue weighted by molar-refractivity contribution is -0.139. The van der Waals surface area contributed by atoms with E-state index in [1.54, 1.807) is 32.0 Å². The molecule has 26 heavy (non-hydrogen) atoms. The fourth-order valence-electron chi connectivity index (χ4n) is 2.59. The quantitative estimate of drug-likeness (QED) is 0.559. The molecule has 8 heteroatoms. The molecule has 1 aromatic carbocycles. The van der Waals surface area contributed by atoms with Crippen molar-refractivity contribution in [1.82, 2.24) is 14.9 Å². The molecule has 3 rings (SSSR count). The lowest BCUT2D eigenvalue weighted by Crippen LogP contribution is -2.20. The van der Waals surface area contributed by atoms with Crippen molar-refractivity contribution in [1.29, 1.82) is 0 Å². The Bertz CT molecular complexity index is 1010. The molecule has 0 fully saturated rings. The minimum Gasteiger partial charge on any atom is -0.469 e. The summed E-state index contributed by atoms with van der Waals surface area (Å²) >= 11 is 0. The molecule has 3 aromatic rings. The van der Waals surface area contributed by atoms with Gasteiger partial charge in [0.1, 0.15) is 5.76 Å². The van der Waals surface area contributed by atoms with Crippen LogP contribution in [0.2, 0.25) is 0 Å². The topological polar surface area (TPSA) is 102 Å². The van der Waals surface area contributed by atoms with Gasteiger partial charge in [-0.15, -0.1) is 0 Å². The number of aliphatic imine (C=N–C) groups is 1. The molecule has 0 spiro atoms. The number of aryl methyl sites for hydroxylation is 1. The first-order valence-electron chi connectivity index (χ1n) is 7.94. The van der Waals surface area contributed by atoms with Gasteiger partial charge in [-0.05, 0) is 26.0 Å². The Balaban J connectivity index is 2.12. The molecular formula is C18H18N4O4. The average Bonchev–Trinajstić information content (AvgIpc) is 3.18. The summed E-state index contributed by atoms with van der Waals surface area (Å²) < 4.78 is 11.1. The predicted molar refractivity (Wildman–Crippen MR) is 95.2 cm³/mol. The highest BCUT2D eigenvalue weighted by Gasteiger charge is 2.20. The van der Waals surface area contributed by atoms with Crippen molar-refractivity contribution >= 4 is 17.5 Å². The zero-order valence-electron chi connectivity index (χ0n) is 14.6. The van der Waals surface area contributed by atoms with E-state index in [1.165, 1.54) is 11.8 Å². The third-order valence-electron chi connectivity index (χ3n) is 3.79. The minimum absolute atomic E-state index is 0.0778. The van der Waals surface area contributed by atoms with E-state index in [1.807, 2.05) is 18.2 Å². The molecule has 2 aromatic heterocycles. The lowest BCUT2D eigenvalue weighted by atomic mass is 10.1. The third-order valence-corrected chi connectivity index (χ3v) is 3.79. The molecule has 0 aliphatic rings. The number of aromatic nitrogens is 3. The second-order valence-corrected chi connectivity index (χ2v) is 5.69. The Hall–Kier alpha value is -3.42. The molecule has 0 unspecified atom stereocenters. The van der Waals surface area contributed by atoms with E-state index < -0.39 is 5.97 Å². The Morgan fingerprint density at radius 1 is 1.35 bits per heavy atom. The van der Waals surface area contributed by atoms with Crippen LogP contribution in [0.4, 0.5) is 5.82 Å². The van der Waals surface area contributed by atoms with Gasteiger partial charge in [0.2, 0.25) is 0 Å². The van der Waals surface area contributed by atoms with E-state index in [0.29, 0.717) is 34.2 Å². The van der Waals surface area contributed by atoms with Gasteiger partial charge in [0.25, 0.3) is 5.56 Å². The summed E-state index contributed by atoms with van der Waals surface area (Å²) in [5, 5.41) is 6.79. The number of H-pyrrole nitrogens is 1. The van der Waals surface area contributed by atoms with Gasteiger partial charge in [-0.3, -0.25) is 14.7 Å². The van der Waals surface area contributed by atoms with Crippen LogP contribution in [0.1, 0.15) is 23.9 Å². The van der Waals surface area contributed by atoms with Crippen LogP contribution in [0, 0.1) is 6.92 Å². The molecule has 0 saturated carbocycles. The summed E-state index contributed by atoms with van der Waals surface area (Å²) in [7, 11) is 1.30. The van der Waals surface area contributed by atoms with Crippen LogP contribution in [0.15, 0.2) is 50.7 Å². The van der Waals surface area contributed by atoms with Gasteiger partial charge in [-0.1, -0.05) is 23.4 Å². The Labute approximate surface area is 149 Å². The Morgan fingerprint density at radius 3 is 2.69 bits per heavy atom. The molecule has 0 amide bonds. The maximum atomic E-state index is 13.0. The van der Waals surface area contributed by atoms with Crippen LogP contribution >= 0.6 is 0 Å². The van der Waals surface area contributed by atoms with E-state index >= 15 is 0 Å². The van der Waals surface area contributed by atoms with Crippen LogP contribution in [0.25, 0.3) is 5.69 Å². The number of carbonyl (C=O) groups is 1. The van der Waals surface area contributed by atoms with E-state index in [2.05, 4.69) is 15.2 Å². The summed E-state index contributed by atoms with van der Waals surface area (Å²) in [5.74, 6) is 0.510. The minimum atomic E-state index is -0.460. The largest absolute Gasteiger partial charge is 0.469 e. The number of hydrogen-bond acceptors (Lipinski definition) is 6. The van der Waals surface area contributed by atoms with Crippen LogP contribution in [-0.4, -0.2) is 33.7 Å². The number of hydrogen-bond donors (Lipinski definition) is 1. The fraction of sp³-hybridized carbons (Fsp3) is 0.222. The van der Waals surface area contributed by atoms with E-state index in [4.69, 9.17) is 9.26 Å². The maximum absolute atomic E-state index is 13.0. The summed E-state index contributed by atoms with van der Waals surface area (Å²) in [6.45, 7) is 3.44. The van der Waals surface area contributed by atoms with Crippen molar-refractivity contribution in [2.75, 3.05) is 7.11 Å². The second-order valence-electron chi connectivity index (χ2n) is 5.69. The molecule has 0 bridgehead atoms. The number of nitrogens with zero attached hydrogens (tertiary/aromatic N) is 3. The zero-order chi connectivity index (χ0) is 18.7. The summed E-state index contributed by atoms with van der Waals surface area (Å²) in [5.41, 5.74) is 1.50. The molecular weight excluding hydrogens is 336 g/mol. The summed E-state index contributed by atoms with van der Waals surface area (Å²) in [6, 6.07) is 10.7. The van der Waals surface area contributed by atoms with Crippen LogP contribution in [-0.2, 0) is 16.0 Å². The van der Waals surface area contributed by atoms with Crippen molar-refractivity contribution in [2.24, 2.45) is 4.99 Å². The van der Waals surface area contributed by atoms with E-state index in [9.17, 15) is 9.59 Å². The number of methoxy groups -OCH3 is 1. The van der Waals surface area contributed by atoms with Crippen molar-refractivity contribution in [3.8, 4) is 5.69 Å². The molecule has 0 radical (unpaired) electrons. The van der Waals surface area contributed by atoms with Gasteiger partial charge in [0, 0.05) is 6.07 Å². The van der Waals surface area contributed by atoms with Gasteiger partial charge in [0.15, 0.2) is 5.82 Å². The molecule has 2 heterocycles. The Kier molecular flexibility index (Phi) is 4.83. The van der Waals surface area contributed by atoms with Gasteiger partial charge in [-0.2, -0.15) is 0 Å². The molecule has 0 aliphatic heterocycles. The van der Waals surface area contributed by atoms with Gasteiger partial charge in [0.05, 0.1) is 36.2 Å². The highest BCUT2D eigenvalue weighted by molar-refractivity contribution is 6.01. The first-order chi connectivity index (χ1) is 12.5. The molecule has 0 saturated heterocycles. The summed E-state index contributed by atoms with van der Waals surface area (Å²) in [4.78, 5) is 29.0. The van der Waals surface area contributed by atoms with Crippen LogP contribution < -0.4 is 5.56 Å².